The van der Waals surface area contributed by atoms with Crippen LogP contribution in [0.5, 0.6) is 0 Å². The molecule has 0 bridgehead atoms. The van der Waals surface area contributed by atoms with E-state index >= 15 is 0 Å². The highest BCUT2D eigenvalue weighted by Gasteiger charge is 2.25. The molecular formula is C23H30N4O2. The first-order chi connectivity index (χ1) is 14.0. The third kappa shape index (κ3) is 6.06. The van der Waals surface area contributed by atoms with Crippen molar-refractivity contribution in [1.82, 2.24) is 15.1 Å². The number of likely N-dealkylation sites (N-methyl/N-ethyl adjacent to an activating group) is 1. The van der Waals surface area contributed by atoms with Crippen molar-refractivity contribution in [2.45, 2.75) is 18.8 Å². The van der Waals surface area contributed by atoms with Gasteiger partial charge in [-0.15, -0.1) is 0 Å². The summed E-state index contributed by atoms with van der Waals surface area (Å²) in [6.07, 6.45) is 1.97. The van der Waals surface area contributed by atoms with E-state index in [1.807, 2.05) is 72.4 Å². The van der Waals surface area contributed by atoms with Crippen molar-refractivity contribution in [3.63, 3.8) is 0 Å². The van der Waals surface area contributed by atoms with Crippen LogP contribution in [0.3, 0.4) is 0 Å². The number of nitrogens with one attached hydrogen (secondary N) is 2. The number of hydrogen-bond acceptors (Lipinski definition) is 3. The fourth-order valence-electron chi connectivity index (χ4n) is 3.59. The lowest BCUT2D eigenvalue weighted by molar-refractivity contribution is 0.0950. The summed E-state index contributed by atoms with van der Waals surface area (Å²) < 4.78 is 0. The molecule has 0 aliphatic carbocycles. The normalized spacial score (nSPS) is 16.5. The Morgan fingerprint density at radius 2 is 1.90 bits per heavy atom. The molecule has 2 aromatic carbocycles. The number of anilines is 1. The molecular weight excluding hydrogens is 364 g/mol. The molecule has 3 rings (SSSR count). The molecule has 1 aliphatic rings. The van der Waals surface area contributed by atoms with Gasteiger partial charge in [-0.1, -0.05) is 30.3 Å². The zero-order chi connectivity index (χ0) is 20.6. The van der Waals surface area contributed by atoms with Crippen molar-refractivity contribution in [2.75, 3.05) is 45.6 Å². The second-order valence-electron chi connectivity index (χ2n) is 7.77. The lowest BCUT2D eigenvalue weighted by Gasteiger charge is -2.33. The number of benzene rings is 2. The average Bonchev–Trinajstić information content (AvgIpc) is 2.74. The van der Waals surface area contributed by atoms with Gasteiger partial charge in [-0.25, -0.2) is 4.79 Å². The van der Waals surface area contributed by atoms with Gasteiger partial charge in [0.1, 0.15) is 0 Å². The molecule has 6 heteroatoms. The summed E-state index contributed by atoms with van der Waals surface area (Å²) in [7, 11) is 3.96. The van der Waals surface area contributed by atoms with Crippen molar-refractivity contribution < 1.29 is 9.59 Å². The number of carbonyl (C=O) groups excluding carboxylic acids is 2. The Morgan fingerprint density at radius 1 is 1.10 bits per heavy atom. The predicted octanol–water partition coefficient (Wildman–Crippen LogP) is 3.39. The summed E-state index contributed by atoms with van der Waals surface area (Å²) >= 11 is 0. The van der Waals surface area contributed by atoms with E-state index in [9.17, 15) is 9.59 Å². The Labute approximate surface area is 172 Å². The molecule has 1 aliphatic heterocycles. The first kappa shape index (κ1) is 20.9. The van der Waals surface area contributed by atoms with E-state index in [0.717, 1.165) is 37.2 Å². The van der Waals surface area contributed by atoms with Gasteiger partial charge in [0.15, 0.2) is 0 Å². The SMILES string of the molecule is CN(C)CCNC(=O)c1cccc(C2CCCN(C(=O)Nc3ccccc3)C2)c1. The highest BCUT2D eigenvalue weighted by atomic mass is 16.2. The molecule has 29 heavy (non-hydrogen) atoms. The maximum Gasteiger partial charge on any atom is 0.321 e. The number of carbonyl (C=O) groups is 2. The summed E-state index contributed by atoms with van der Waals surface area (Å²) in [5.74, 6) is 0.183. The lowest BCUT2D eigenvalue weighted by Crippen LogP contribution is -2.41. The van der Waals surface area contributed by atoms with E-state index < -0.39 is 0 Å². The zero-order valence-electron chi connectivity index (χ0n) is 17.2. The van der Waals surface area contributed by atoms with Gasteiger partial charge in [-0.2, -0.15) is 0 Å². The summed E-state index contributed by atoms with van der Waals surface area (Å²) in [5, 5.41) is 5.92. The monoisotopic (exact) mass is 394 g/mol. The molecule has 0 radical (unpaired) electrons. The summed E-state index contributed by atoms with van der Waals surface area (Å²) in [4.78, 5) is 29.0. The van der Waals surface area contributed by atoms with E-state index in [1.54, 1.807) is 0 Å². The second kappa shape index (κ2) is 10.1. The first-order valence-corrected chi connectivity index (χ1v) is 10.2. The quantitative estimate of drug-likeness (QED) is 0.789. The molecule has 154 valence electrons. The molecule has 0 saturated carbocycles. The molecule has 6 nitrogen and oxygen atoms in total. The van der Waals surface area contributed by atoms with Crippen LogP contribution in [0.1, 0.15) is 34.7 Å². The number of urea groups is 1. The van der Waals surface area contributed by atoms with Crippen LogP contribution in [-0.2, 0) is 0 Å². The van der Waals surface area contributed by atoms with Crippen LogP contribution in [0, 0.1) is 0 Å². The van der Waals surface area contributed by atoms with Crippen LogP contribution in [0.4, 0.5) is 10.5 Å². The molecule has 1 atom stereocenters. The van der Waals surface area contributed by atoms with Crippen LogP contribution in [0.15, 0.2) is 54.6 Å². The maximum absolute atomic E-state index is 12.6. The second-order valence-corrected chi connectivity index (χ2v) is 7.77. The van der Waals surface area contributed by atoms with Gasteiger partial charge < -0.3 is 20.4 Å². The van der Waals surface area contributed by atoms with E-state index in [2.05, 4.69) is 16.7 Å². The Balaban J connectivity index is 1.61. The van der Waals surface area contributed by atoms with Crippen molar-refractivity contribution >= 4 is 17.6 Å². The number of amides is 3. The smallest absolute Gasteiger partial charge is 0.321 e. The van der Waals surface area contributed by atoms with Crippen LogP contribution in [-0.4, -0.2) is 62.0 Å². The molecule has 0 spiro atoms. The topological polar surface area (TPSA) is 64.7 Å². The fraction of sp³-hybridized carbons (Fsp3) is 0.391. The highest BCUT2D eigenvalue weighted by Crippen LogP contribution is 2.28. The van der Waals surface area contributed by atoms with Gasteiger partial charge in [0.25, 0.3) is 5.91 Å². The lowest BCUT2D eigenvalue weighted by atomic mass is 9.89. The minimum Gasteiger partial charge on any atom is -0.351 e. The van der Waals surface area contributed by atoms with E-state index in [-0.39, 0.29) is 17.9 Å². The van der Waals surface area contributed by atoms with E-state index in [0.29, 0.717) is 18.7 Å². The molecule has 1 unspecified atom stereocenters. The fourth-order valence-corrected chi connectivity index (χ4v) is 3.59. The van der Waals surface area contributed by atoms with Crippen molar-refractivity contribution in [3.8, 4) is 0 Å². The number of rotatable bonds is 6. The molecule has 1 heterocycles. The molecule has 2 N–H and O–H groups in total. The largest absolute Gasteiger partial charge is 0.351 e. The Hall–Kier alpha value is -2.86. The predicted molar refractivity (Wildman–Crippen MR) is 116 cm³/mol. The van der Waals surface area contributed by atoms with Crippen LogP contribution in [0.2, 0.25) is 0 Å². The van der Waals surface area contributed by atoms with Gasteiger partial charge in [-0.05, 0) is 56.8 Å². The van der Waals surface area contributed by atoms with E-state index in [4.69, 9.17) is 0 Å². The van der Waals surface area contributed by atoms with Gasteiger partial charge in [0.2, 0.25) is 0 Å². The van der Waals surface area contributed by atoms with Crippen LogP contribution >= 0.6 is 0 Å². The summed E-state index contributed by atoms with van der Waals surface area (Å²) in [6, 6.07) is 17.2. The minimum absolute atomic E-state index is 0.0526. The van der Waals surface area contributed by atoms with Gasteiger partial charge in [0, 0.05) is 43.3 Å². The van der Waals surface area contributed by atoms with Crippen molar-refractivity contribution in [1.29, 1.82) is 0 Å². The molecule has 1 saturated heterocycles. The summed E-state index contributed by atoms with van der Waals surface area (Å²) in [5.41, 5.74) is 2.59. The Morgan fingerprint density at radius 3 is 2.66 bits per heavy atom. The molecule has 2 aromatic rings. The van der Waals surface area contributed by atoms with Crippen LogP contribution < -0.4 is 10.6 Å². The van der Waals surface area contributed by atoms with Gasteiger partial charge in [0.05, 0.1) is 0 Å². The number of para-hydroxylation sites is 1. The molecule has 3 amide bonds. The average molecular weight is 395 g/mol. The third-order valence-corrected chi connectivity index (χ3v) is 5.20. The highest BCUT2D eigenvalue weighted by molar-refractivity contribution is 5.94. The van der Waals surface area contributed by atoms with Crippen LogP contribution in [0.25, 0.3) is 0 Å². The number of piperidine rings is 1. The Kier molecular flexibility index (Phi) is 7.25. The number of hydrogen-bond donors (Lipinski definition) is 2. The first-order valence-electron chi connectivity index (χ1n) is 10.2. The maximum atomic E-state index is 12.6. The summed E-state index contributed by atoms with van der Waals surface area (Å²) in [6.45, 7) is 2.83. The minimum atomic E-state index is -0.0708. The number of likely N-dealkylation sites (tertiary alicyclic amines) is 1. The van der Waals surface area contributed by atoms with Gasteiger partial charge >= 0.3 is 6.03 Å². The van der Waals surface area contributed by atoms with E-state index in [1.165, 1.54) is 0 Å². The number of nitrogens with zero attached hydrogens (tertiary/aromatic N) is 2. The Bertz CT molecular complexity index is 823. The molecule has 0 aromatic heterocycles. The van der Waals surface area contributed by atoms with Crippen molar-refractivity contribution in [3.05, 3.63) is 65.7 Å². The molecule has 1 fully saturated rings. The zero-order valence-corrected chi connectivity index (χ0v) is 17.2. The standard InChI is InChI=1S/C23H30N4O2/c1-26(2)15-13-24-22(28)19-9-6-8-18(16-19)20-10-7-14-27(17-20)23(29)25-21-11-4-3-5-12-21/h3-6,8-9,11-12,16,20H,7,10,13-15,17H2,1-2H3,(H,24,28)(H,25,29). The third-order valence-electron chi connectivity index (χ3n) is 5.20. The van der Waals surface area contributed by atoms with Crippen molar-refractivity contribution in [2.24, 2.45) is 0 Å². The van der Waals surface area contributed by atoms with Gasteiger partial charge in [-0.3, -0.25) is 4.79 Å².